The molecule has 0 fully saturated rings. The molecule has 0 bridgehead atoms. The van der Waals surface area contributed by atoms with Crippen LogP contribution in [0.25, 0.3) is 0 Å². The smallest absolute Gasteiger partial charge is 0.220 e. The molecule has 4 nitrogen and oxygen atoms in total. The number of hydrogen-bond acceptors (Lipinski definition) is 3. The average molecular weight is 327 g/mol. The molecule has 0 aliphatic carbocycles. The van der Waals surface area contributed by atoms with E-state index in [2.05, 4.69) is 11.4 Å². The standard InChI is InChI=1S/C20H25NO3/c1-16-14-17(8-10-19(16)23-2)9-11-20(22)21-12-13-24-15-18-6-4-3-5-7-18/h3-8,10,14H,9,11-13,15H2,1-2H3,(H,21,22). The second-order valence-corrected chi connectivity index (χ2v) is 5.69. The van der Waals surface area contributed by atoms with Crippen LogP contribution in [0, 0.1) is 6.92 Å². The van der Waals surface area contributed by atoms with Gasteiger partial charge in [-0.05, 0) is 36.1 Å². The molecule has 0 saturated heterocycles. The van der Waals surface area contributed by atoms with Gasteiger partial charge in [-0.25, -0.2) is 0 Å². The van der Waals surface area contributed by atoms with Crippen LogP contribution >= 0.6 is 0 Å². The first-order valence-corrected chi connectivity index (χ1v) is 8.21. The van der Waals surface area contributed by atoms with Crippen molar-refractivity contribution in [3.63, 3.8) is 0 Å². The van der Waals surface area contributed by atoms with Crippen LogP contribution in [0.3, 0.4) is 0 Å². The first kappa shape index (κ1) is 18.0. The summed E-state index contributed by atoms with van der Waals surface area (Å²) in [5.74, 6) is 0.922. The normalized spacial score (nSPS) is 10.4. The fourth-order valence-corrected chi connectivity index (χ4v) is 2.47. The van der Waals surface area contributed by atoms with Gasteiger partial charge in [0.05, 0.1) is 20.3 Å². The third-order valence-corrected chi connectivity index (χ3v) is 3.78. The molecule has 128 valence electrons. The van der Waals surface area contributed by atoms with E-state index in [9.17, 15) is 4.79 Å². The third kappa shape index (κ3) is 6.05. The zero-order valence-corrected chi connectivity index (χ0v) is 14.4. The summed E-state index contributed by atoms with van der Waals surface area (Å²) in [6, 6.07) is 16.0. The molecular weight excluding hydrogens is 302 g/mol. The summed E-state index contributed by atoms with van der Waals surface area (Å²) in [4.78, 5) is 11.9. The summed E-state index contributed by atoms with van der Waals surface area (Å²) >= 11 is 0. The minimum Gasteiger partial charge on any atom is -0.496 e. The van der Waals surface area contributed by atoms with Crippen LogP contribution in [-0.4, -0.2) is 26.2 Å². The highest BCUT2D eigenvalue weighted by Gasteiger charge is 2.04. The summed E-state index contributed by atoms with van der Waals surface area (Å²) in [5, 5.41) is 2.89. The number of methoxy groups -OCH3 is 1. The Labute approximate surface area is 143 Å². The van der Waals surface area contributed by atoms with Crippen LogP contribution < -0.4 is 10.1 Å². The number of nitrogens with one attached hydrogen (secondary N) is 1. The molecule has 0 aromatic heterocycles. The van der Waals surface area contributed by atoms with Gasteiger partial charge in [0.15, 0.2) is 0 Å². The summed E-state index contributed by atoms with van der Waals surface area (Å²) in [6.07, 6.45) is 1.20. The second kappa shape index (κ2) is 9.73. The van der Waals surface area contributed by atoms with Gasteiger partial charge >= 0.3 is 0 Å². The van der Waals surface area contributed by atoms with Crippen molar-refractivity contribution >= 4 is 5.91 Å². The molecular formula is C20H25NO3. The molecule has 24 heavy (non-hydrogen) atoms. The summed E-state index contributed by atoms with van der Waals surface area (Å²) in [7, 11) is 1.66. The van der Waals surface area contributed by atoms with E-state index in [-0.39, 0.29) is 5.91 Å². The highest BCUT2D eigenvalue weighted by atomic mass is 16.5. The molecule has 2 aromatic carbocycles. The van der Waals surface area contributed by atoms with E-state index in [0.717, 1.165) is 28.9 Å². The molecule has 0 spiro atoms. The lowest BCUT2D eigenvalue weighted by molar-refractivity contribution is -0.121. The topological polar surface area (TPSA) is 47.6 Å². The Kier molecular flexibility index (Phi) is 7.30. The van der Waals surface area contributed by atoms with Gasteiger partial charge in [-0.2, -0.15) is 0 Å². The summed E-state index contributed by atoms with van der Waals surface area (Å²) in [5.41, 5.74) is 3.37. The van der Waals surface area contributed by atoms with Crippen molar-refractivity contribution in [3.8, 4) is 5.75 Å². The highest BCUT2D eigenvalue weighted by Crippen LogP contribution is 2.19. The van der Waals surface area contributed by atoms with Crippen LogP contribution in [0.4, 0.5) is 0 Å². The molecule has 1 N–H and O–H groups in total. The van der Waals surface area contributed by atoms with Crippen LogP contribution in [-0.2, 0) is 22.6 Å². The number of carbonyl (C=O) groups excluding carboxylic acids is 1. The molecule has 0 unspecified atom stereocenters. The van der Waals surface area contributed by atoms with Crippen LogP contribution in [0.1, 0.15) is 23.1 Å². The molecule has 0 atom stereocenters. The van der Waals surface area contributed by atoms with Gasteiger partial charge in [0.2, 0.25) is 5.91 Å². The lowest BCUT2D eigenvalue weighted by atomic mass is 10.1. The van der Waals surface area contributed by atoms with Gasteiger partial charge in [0, 0.05) is 13.0 Å². The van der Waals surface area contributed by atoms with Gasteiger partial charge in [0.25, 0.3) is 0 Å². The van der Waals surface area contributed by atoms with Gasteiger partial charge in [-0.3, -0.25) is 4.79 Å². The van der Waals surface area contributed by atoms with Gasteiger partial charge < -0.3 is 14.8 Å². The molecule has 2 rings (SSSR count). The SMILES string of the molecule is COc1ccc(CCC(=O)NCCOCc2ccccc2)cc1C. The Hall–Kier alpha value is -2.33. The van der Waals surface area contributed by atoms with Gasteiger partial charge in [-0.15, -0.1) is 0 Å². The van der Waals surface area contributed by atoms with E-state index >= 15 is 0 Å². The van der Waals surface area contributed by atoms with E-state index in [1.165, 1.54) is 0 Å². The predicted octanol–water partition coefficient (Wildman–Crippen LogP) is 3.27. The lowest BCUT2D eigenvalue weighted by Crippen LogP contribution is -2.27. The van der Waals surface area contributed by atoms with Crippen molar-refractivity contribution in [1.82, 2.24) is 5.32 Å². The Bertz CT molecular complexity index is 641. The first-order chi connectivity index (χ1) is 11.7. The Morgan fingerprint density at radius 1 is 1.08 bits per heavy atom. The van der Waals surface area contributed by atoms with Crippen molar-refractivity contribution in [3.05, 3.63) is 65.2 Å². The molecule has 0 radical (unpaired) electrons. The quantitative estimate of drug-likeness (QED) is 0.719. The molecule has 4 heteroatoms. The lowest BCUT2D eigenvalue weighted by Gasteiger charge is -2.08. The fraction of sp³-hybridized carbons (Fsp3) is 0.350. The van der Waals surface area contributed by atoms with Crippen molar-refractivity contribution in [2.45, 2.75) is 26.4 Å². The van der Waals surface area contributed by atoms with Gasteiger partial charge in [-0.1, -0.05) is 42.5 Å². The summed E-state index contributed by atoms with van der Waals surface area (Å²) < 4.78 is 10.8. The molecule has 0 heterocycles. The zero-order chi connectivity index (χ0) is 17.2. The maximum absolute atomic E-state index is 11.9. The maximum Gasteiger partial charge on any atom is 0.220 e. The molecule has 0 aliphatic rings. The van der Waals surface area contributed by atoms with Crippen LogP contribution in [0.5, 0.6) is 5.75 Å². The number of amides is 1. The largest absolute Gasteiger partial charge is 0.496 e. The highest BCUT2D eigenvalue weighted by molar-refractivity contribution is 5.76. The Morgan fingerprint density at radius 2 is 1.88 bits per heavy atom. The van der Waals surface area contributed by atoms with Crippen LogP contribution in [0.2, 0.25) is 0 Å². The van der Waals surface area contributed by atoms with E-state index in [1.807, 2.05) is 49.4 Å². The van der Waals surface area contributed by atoms with Crippen LogP contribution in [0.15, 0.2) is 48.5 Å². The molecule has 0 aliphatic heterocycles. The van der Waals surface area contributed by atoms with Crippen molar-refractivity contribution in [2.75, 3.05) is 20.3 Å². The average Bonchev–Trinajstić information content (AvgIpc) is 2.60. The van der Waals surface area contributed by atoms with Crippen molar-refractivity contribution in [2.24, 2.45) is 0 Å². The van der Waals surface area contributed by atoms with E-state index in [0.29, 0.717) is 26.2 Å². The predicted molar refractivity (Wildman–Crippen MR) is 95.2 cm³/mol. The molecule has 2 aromatic rings. The second-order valence-electron chi connectivity index (χ2n) is 5.69. The van der Waals surface area contributed by atoms with Crippen molar-refractivity contribution < 1.29 is 14.3 Å². The van der Waals surface area contributed by atoms with E-state index in [1.54, 1.807) is 7.11 Å². The first-order valence-electron chi connectivity index (χ1n) is 8.21. The third-order valence-electron chi connectivity index (χ3n) is 3.78. The number of carbonyl (C=O) groups is 1. The fourth-order valence-electron chi connectivity index (χ4n) is 2.47. The number of hydrogen-bond donors (Lipinski definition) is 1. The van der Waals surface area contributed by atoms with E-state index in [4.69, 9.17) is 9.47 Å². The summed E-state index contributed by atoms with van der Waals surface area (Å²) in [6.45, 7) is 3.63. The number of aryl methyl sites for hydroxylation is 2. The van der Waals surface area contributed by atoms with Crippen molar-refractivity contribution in [1.29, 1.82) is 0 Å². The molecule has 1 amide bonds. The minimum atomic E-state index is 0.0479. The number of rotatable bonds is 9. The minimum absolute atomic E-state index is 0.0479. The number of benzene rings is 2. The van der Waals surface area contributed by atoms with Gasteiger partial charge in [0.1, 0.15) is 5.75 Å². The number of ether oxygens (including phenoxy) is 2. The maximum atomic E-state index is 11.9. The zero-order valence-electron chi connectivity index (χ0n) is 14.4. The Balaban J connectivity index is 1.60. The van der Waals surface area contributed by atoms with E-state index < -0.39 is 0 Å². The monoisotopic (exact) mass is 327 g/mol. The molecule has 0 saturated carbocycles. The Morgan fingerprint density at radius 3 is 2.58 bits per heavy atom.